The topological polar surface area (TPSA) is 46.2 Å². The van der Waals surface area contributed by atoms with Crippen molar-refractivity contribution in [3.05, 3.63) is 0 Å². The van der Waals surface area contributed by atoms with E-state index in [0.29, 0.717) is 28.7 Å². The number of halogens is 40. The van der Waals surface area contributed by atoms with Gasteiger partial charge in [-0.1, -0.05) is 59.4 Å². The van der Waals surface area contributed by atoms with Gasteiger partial charge in [0.25, 0.3) is 0 Å². The van der Waals surface area contributed by atoms with Gasteiger partial charge in [-0.25, -0.2) is 22.3 Å². The summed E-state index contributed by atoms with van der Waals surface area (Å²) in [6.07, 6.45) is -53.9. The molecule has 0 aromatic heterocycles. The van der Waals surface area contributed by atoms with E-state index in [4.69, 9.17) is 0 Å². The van der Waals surface area contributed by atoms with E-state index >= 15 is 0 Å². The van der Waals surface area contributed by atoms with E-state index in [1.54, 1.807) is 0 Å². The van der Waals surface area contributed by atoms with Crippen molar-refractivity contribution in [3.63, 3.8) is 0 Å². The van der Waals surface area contributed by atoms with Crippen LogP contribution in [0.1, 0.15) is 115 Å². The summed E-state index contributed by atoms with van der Waals surface area (Å²) in [5.74, 6) is -23.7. The van der Waals surface area contributed by atoms with Crippen LogP contribution in [0.5, 0.6) is 0 Å². The lowest BCUT2D eigenvalue weighted by Crippen LogP contribution is -2.62. The SMILES string of the molecule is C.C.C.C.C.C.C.C.CC(F)(F)C(F)(F)OC(F)(F)CF.CC(F)(F)OC(F)(F)C(F)(F)C(F)(F)CF.CC(F)(F)OC(F)(F)C(F)(OC(F)(F)CF)C(F)(F)F.CC(F)(F)OC(F)(F)CF.CCF.CCF.CCF.CCF.CF.CF.CF.CF. The average Bonchev–Trinajstić information content (AvgIpc) is 3.24. The molecule has 0 saturated carbocycles. The zero-order valence-electron chi connectivity index (χ0n) is 41.8. The summed E-state index contributed by atoms with van der Waals surface area (Å²) in [4.78, 5) is 0. The van der Waals surface area contributed by atoms with E-state index < -0.39 is 118 Å². The molecule has 0 heterocycles. The van der Waals surface area contributed by atoms with Crippen molar-refractivity contribution in [1.82, 2.24) is 0 Å². The van der Waals surface area contributed by atoms with Crippen molar-refractivity contribution in [2.45, 2.75) is 200 Å². The molecule has 5 nitrogen and oxygen atoms in total. The van der Waals surface area contributed by atoms with Gasteiger partial charge < -0.3 is 0 Å². The Kier molecular flexibility index (Phi) is 103. The predicted octanol–water partition coefficient (Wildman–Crippen LogP) is 23.8. The van der Waals surface area contributed by atoms with Crippen LogP contribution in [0.2, 0.25) is 0 Å². The lowest BCUT2D eigenvalue weighted by Gasteiger charge is -2.36. The van der Waals surface area contributed by atoms with E-state index in [9.17, 15) is 176 Å². The summed E-state index contributed by atoms with van der Waals surface area (Å²) >= 11 is 0. The van der Waals surface area contributed by atoms with E-state index in [1.165, 1.54) is 27.7 Å². The van der Waals surface area contributed by atoms with Gasteiger partial charge >= 0.3 is 84.8 Å². The van der Waals surface area contributed by atoms with Crippen molar-refractivity contribution in [2.75, 3.05) is 82.1 Å². The molecule has 0 radical (unpaired) electrons. The average molecular weight is 1430 g/mol. The molecule has 0 spiro atoms. The highest BCUT2D eigenvalue weighted by atomic mass is 19.4. The zero-order valence-corrected chi connectivity index (χ0v) is 41.8. The van der Waals surface area contributed by atoms with Crippen LogP contribution in [-0.2, 0) is 23.7 Å². The Morgan fingerprint density at radius 1 is 0.253 bits per heavy atom. The standard InChI is InChI=1S/C7H5F11O2.C6H5F9O.C5H5F7O.C4H5F5O.4C2H5F.4CH3F.8CH4/c1-3(9,10)19-7(17,18)5(13,6(14,15)16)20-4(11,12)2-8;1-3(8,9)16-6(14,15)5(12,13)4(10,11)2-7;1-3(7,8)5(11,12)13-4(9,10)2-6;1-3(6,7)10-4(8,9)2-5;4*1-2-3;4*1-2;;;;;;;;/h2H2,1H3;2H2,1H3;2H2,1H3;2H2,1H3;4*2H2,1H3;4*1H3;8*1H4. The van der Waals surface area contributed by atoms with Crippen LogP contribution < -0.4 is 0 Å². The Balaban J connectivity index is -0.0000000341. The summed E-state index contributed by atoms with van der Waals surface area (Å²) in [6, 6.07) is 0. The van der Waals surface area contributed by atoms with E-state index in [1.807, 2.05) is 4.74 Å². The molecule has 1 unspecified atom stereocenters. The van der Waals surface area contributed by atoms with Crippen molar-refractivity contribution >= 4 is 0 Å². The molecule has 0 bridgehead atoms. The third-order valence-corrected chi connectivity index (χ3v) is 4.22. The second kappa shape index (κ2) is 63.2. The molecule has 1 atom stereocenters. The molecule has 0 amide bonds. The zero-order chi connectivity index (χ0) is 68.2. The van der Waals surface area contributed by atoms with Crippen molar-refractivity contribution in [3.8, 4) is 0 Å². The van der Waals surface area contributed by atoms with E-state index in [-0.39, 0.29) is 107 Å². The number of ether oxygens (including phenoxy) is 5. The van der Waals surface area contributed by atoms with Gasteiger partial charge in [-0.05, 0) is 27.7 Å². The van der Waals surface area contributed by atoms with Crippen LogP contribution in [0.15, 0.2) is 0 Å². The van der Waals surface area contributed by atoms with Crippen LogP contribution >= 0.6 is 0 Å². The first-order valence-corrected chi connectivity index (χ1v) is 18.5. The molecule has 0 saturated heterocycles. The van der Waals surface area contributed by atoms with Gasteiger partial charge in [0.1, 0.15) is 0 Å². The Hall–Kier alpha value is -3.00. The fourth-order valence-electron chi connectivity index (χ4n) is 1.99. The van der Waals surface area contributed by atoms with Gasteiger partial charge in [0.15, 0.2) is 26.7 Å². The summed E-state index contributed by atoms with van der Waals surface area (Å²) in [6.45, 7) is -7.36. The second-order valence-corrected chi connectivity index (χ2v) is 11.3. The van der Waals surface area contributed by atoms with E-state index in [2.05, 4.69) is 18.9 Å². The smallest absolute Gasteiger partial charge is 0.265 e. The van der Waals surface area contributed by atoms with Crippen LogP contribution in [0.3, 0.4) is 0 Å². The van der Waals surface area contributed by atoms with Gasteiger partial charge in [-0.2, -0.15) is 123 Å². The molecule has 0 aromatic rings. The summed E-state index contributed by atoms with van der Waals surface area (Å²) in [5.41, 5.74) is 0. The Morgan fingerprint density at radius 3 is 0.586 bits per heavy atom. The fraction of sp³-hybridized carbons (Fsp3) is 1.00. The van der Waals surface area contributed by atoms with Gasteiger partial charge in [-0.15, -0.1) is 0 Å². The van der Waals surface area contributed by atoms with Gasteiger partial charge in [0.2, 0.25) is 0 Å². The highest BCUT2D eigenvalue weighted by Crippen LogP contribution is 2.51. The van der Waals surface area contributed by atoms with Crippen LogP contribution in [0.4, 0.5) is 176 Å². The second-order valence-electron chi connectivity index (χ2n) is 11.3. The number of rotatable bonds is 18. The minimum Gasteiger partial charge on any atom is -0.265 e. The quantitative estimate of drug-likeness (QED) is 0.128. The summed E-state index contributed by atoms with van der Waals surface area (Å²) < 4.78 is 474. The van der Waals surface area contributed by atoms with Gasteiger partial charge in [0.05, 0.1) is 55.4 Å². The van der Waals surface area contributed by atoms with Crippen molar-refractivity contribution < 1.29 is 199 Å². The Bertz CT molecular complexity index is 1300. The first-order valence-electron chi connectivity index (χ1n) is 18.5. The molecule has 0 rings (SSSR count). The molecule has 0 aliphatic carbocycles. The third-order valence-electron chi connectivity index (χ3n) is 4.22. The molecule has 87 heavy (non-hydrogen) atoms. The fourth-order valence-corrected chi connectivity index (χ4v) is 1.99. The first-order chi connectivity index (χ1) is 34.7. The molecule has 0 N–H and O–H groups in total. The van der Waals surface area contributed by atoms with Gasteiger partial charge in [-0.3, -0.25) is 54.1 Å². The maximum Gasteiger partial charge on any atom is 0.458 e. The van der Waals surface area contributed by atoms with Crippen LogP contribution in [0.25, 0.3) is 0 Å². The summed E-state index contributed by atoms with van der Waals surface area (Å²) in [5, 5.41) is 0. The Morgan fingerprint density at radius 2 is 0.437 bits per heavy atom. The normalized spacial score (nSPS) is 11.9. The predicted molar refractivity (Wildman–Crippen MR) is 250 cm³/mol. The maximum atomic E-state index is 13.1. The third kappa shape index (κ3) is 77.2. The molecule has 562 valence electrons. The Labute approximate surface area is 481 Å². The monoisotopic (exact) mass is 1430 g/mol. The highest BCUT2D eigenvalue weighted by molar-refractivity contribution is 4.92. The molecular formula is C42H84F40O5. The molecule has 0 aromatic carbocycles. The molecule has 0 aliphatic heterocycles. The van der Waals surface area contributed by atoms with Crippen LogP contribution in [0, 0.1) is 0 Å². The molecular weight excluding hydrogens is 1340 g/mol. The summed E-state index contributed by atoms with van der Waals surface area (Å²) in [7, 11) is 2.00. The minimum atomic E-state index is -6.93. The largest absolute Gasteiger partial charge is 0.458 e. The van der Waals surface area contributed by atoms with Crippen molar-refractivity contribution in [1.29, 1.82) is 0 Å². The lowest BCUT2D eigenvalue weighted by atomic mass is 10.1. The maximum absolute atomic E-state index is 13.1. The first kappa shape index (κ1) is 141. The number of hydrogen-bond acceptors (Lipinski definition) is 5. The van der Waals surface area contributed by atoms with E-state index in [0.717, 1.165) is 0 Å². The molecule has 0 aliphatic rings. The molecule has 0 fully saturated rings. The van der Waals surface area contributed by atoms with Crippen molar-refractivity contribution in [2.24, 2.45) is 0 Å². The van der Waals surface area contributed by atoms with Crippen LogP contribution in [-0.4, -0.2) is 167 Å². The number of hydrogen-bond donors (Lipinski definition) is 0. The lowest BCUT2D eigenvalue weighted by molar-refractivity contribution is -0.524. The van der Waals surface area contributed by atoms with Gasteiger partial charge in [0, 0.05) is 27.7 Å². The minimum absolute atomic E-state index is 0. The number of alkyl halides is 40. The molecule has 45 heteroatoms. The highest BCUT2D eigenvalue weighted by Gasteiger charge is 2.79.